The van der Waals surface area contributed by atoms with E-state index in [9.17, 15) is 4.79 Å². The van der Waals surface area contributed by atoms with Crippen LogP contribution in [-0.2, 0) is 11.3 Å². The number of hydrogen-bond acceptors (Lipinski definition) is 3. The molecule has 0 bridgehead atoms. The number of hydrogen-bond donors (Lipinski definition) is 2. The lowest BCUT2D eigenvalue weighted by Crippen LogP contribution is -2.47. The van der Waals surface area contributed by atoms with Gasteiger partial charge >= 0.3 is 0 Å². The zero-order valence-corrected chi connectivity index (χ0v) is 11.1. The van der Waals surface area contributed by atoms with E-state index in [4.69, 9.17) is 0 Å². The molecule has 0 aliphatic carbocycles. The van der Waals surface area contributed by atoms with Crippen molar-refractivity contribution in [3.8, 4) is 0 Å². The molecule has 1 fully saturated rings. The smallest absolute Gasteiger partial charge is 0.234 e. The number of halogens is 2. The molecule has 0 saturated carbocycles. The van der Waals surface area contributed by atoms with Crippen LogP contribution in [0.4, 0.5) is 0 Å². The Labute approximate surface area is 104 Å². The van der Waals surface area contributed by atoms with Gasteiger partial charge in [0.05, 0.1) is 6.54 Å². The van der Waals surface area contributed by atoms with Gasteiger partial charge in [-0.2, -0.15) is 5.10 Å². The molecule has 2 N–H and O–H groups in total. The Morgan fingerprint density at radius 2 is 2.27 bits per heavy atom. The summed E-state index contributed by atoms with van der Waals surface area (Å²) in [4.78, 5) is 13.3. The molecule has 1 aromatic heterocycles. The van der Waals surface area contributed by atoms with Gasteiger partial charge in [-0.1, -0.05) is 0 Å². The highest BCUT2D eigenvalue weighted by molar-refractivity contribution is 9.11. The maximum Gasteiger partial charge on any atom is 0.234 e. The molecule has 0 unspecified atom stereocenters. The molecule has 1 saturated heterocycles. The largest absolute Gasteiger partial charge is 0.354 e. The topological polar surface area (TPSA) is 61.0 Å². The number of H-pyrrole nitrogens is 1. The highest BCUT2D eigenvalue weighted by Crippen LogP contribution is 2.23. The first-order valence-corrected chi connectivity index (χ1v) is 6.12. The van der Waals surface area contributed by atoms with Crippen molar-refractivity contribution < 1.29 is 4.79 Å². The number of nitrogens with zero attached hydrogens (tertiary/aromatic N) is 2. The van der Waals surface area contributed by atoms with Crippen LogP contribution in [0.2, 0.25) is 0 Å². The third-order valence-corrected chi connectivity index (χ3v) is 3.58. The summed E-state index contributed by atoms with van der Waals surface area (Å²) in [5.74, 6) is 0.0805. The molecular weight excluding hydrogens is 328 g/mol. The summed E-state index contributed by atoms with van der Waals surface area (Å²) in [7, 11) is 0. The van der Waals surface area contributed by atoms with Crippen molar-refractivity contribution in [2.75, 3.05) is 19.6 Å². The van der Waals surface area contributed by atoms with Gasteiger partial charge in [-0.3, -0.25) is 14.8 Å². The third kappa shape index (κ3) is 2.59. The van der Waals surface area contributed by atoms with E-state index < -0.39 is 0 Å². The number of carbonyl (C=O) groups excluding carboxylic acids is 1. The number of amides is 1. The minimum absolute atomic E-state index is 0.0805. The average Bonchev–Trinajstić information content (AvgIpc) is 2.50. The van der Waals surface area contributed by atoms with Crippen molar-refractivity contribution in [1.82, 2.24) is 20.4 Å². The first kappa shape index (κ1) is 11.1. The second kappa shape index (κ2) is 4.63. The van der Waals surface area contributed by atoms with Crippen LogP contribution in [0.5, 0.6) is 0 Å². The standard InChI is InChI=1S/C8H10Br2N4O/c9-7-5(8(10)13-12-7)3-14-2-1-11-6(15)4-14/h1-4H2,(H,11,15)(H,12,13). The Balaban J connectivity index is 2.05. The maximum atomic E-state index is 11.2. The van der Waals surface area contributed by atoms with Crippen LogP contribution in [0.1, 0.15) is 5.56 Å². The summed E-state index contributed by atoms with van der Waals surface area (Å²) in [6, 6.07) is 0. The van der Waals surface area contributed by atoms with E-state index in [-0.39, 0.29) is 5.91 Å². The zero-order valence-electron chi connectivity index (χ0n) is 7.89. The molecule has 2 rings (SSSR count). The lowest BCUT2D eigenvalue weighted by molar-refractivity contribution is -0.124. The summed E-state index contributed by atoms with van der Waals surface area (Å²) in [5, 5.41) is 9.64. The Hall–Kier alpha value is -0.400. The number of aromatic nitrogens is 2. The highest BCUT2D eigenvalue weighted by atomic mass is 79.9. The fourth-order valence-electron chi connectivity index (χ4n) is 1.51. The lowest BCUT2D eigenvalue weighted by Gasteiger charge is -2.26. The minimum atomic E-state index is 0.0805. The molecule has 0 radical (unpaired) electrons. The molecule has 15 heavy (non-hydrogen) atoms. The molecular formula is C8H10Br2N4O. The van der Waals surface area contributed by atoms with Crippen LogP contribution in [0.15, 0.2) is 9.21 Å². The highest BCUT2D eigenvalue weighted by Gasteiger charge is 2.19. The number of aromatic amines is 1. The first-order valence-electron chi connectivity index (χ1n) is 4.54. The van der Waals surface area contributed by atoms with Gasteiger partial charge in [-0.15, -0.1) is 0 Å². The summed E-state index contributed by atoms with van der Waals surface area (Å²) in [6.45, 7) is 2.75. The van der Waals surface area contributed by atoms with E-state index in [0.29, 0.717) is 19.6 Å². The molecule has 0 atom stereocenters. The SMILES string of the molecule is O=C1CN(Cc2c(Br)n[nH]c2Br)CCN1. The fraction of sp³-hybridized carbons (Fsp3) is 0.500. The van der Waals surface area contributed by atoms with Crippen molar-refractivity contribution in [3.05, 3.63) is 14.8 Å². The van der Waals surface area contributed by atoms with Gasteiger partial charge in [0, 0.05) is 25.2 Å². The monoisotopic (exact) mass is 336 g/mol. The second-order valence-electron chi connectivity index (χ2n) is 3.37. The molecule has 7 heteroatoms. The first-order chi connectivity index (χ1) is 7.16. The van der Waals surface area contributed by atoms with Crippen LogP contribution in [0, 0.1) is 0 Å². The van der Waals surface area contributed by atoms with Gasteiger partial charge in [-0.05, 0) is 31.9 Å². The number of rotatable bonds is 2. The number of piperazine rings is 1. The molecule has 0 aromatic carbocycles. The molecule has 82 valence electrons. The Bertz CT molecular complexity index is 359. The summed E-state index contributed by atoms with van der Waals surface area (Å²) >= 11 is 6.74. The average molecular weight is 338 g/mol. The maximum absolute atomic E-state index is 11.2. The van der Waals surface area contributed by atoms with Gasteiger partial charge < -0.3 is 5.32 Å². The Kier molecular flexibility index (Phi) is 3.42. The van der Waals surface area contributed by atoms with Crippen molar-refractivity contribution in [3.63, 3.8) is 0 Å². The Morgan fingerprint density at radius 1 is 1.47 bits per heavy atom. The molecule has 1 aliphatic heterocycles. The van der Waals surface area contributed by atoms with Crippen LogP contribution in [-0.4, -0.2) is 40.6 Å². The molecule has 2 heterocycles. The Morgan fingerprint density at radius 3 is 2.87 bits per heavy atom. The molecule has 1 aliphatic rings. The third-order valence-electron chi connectivity index (χ3n) is 2.27. The summed E-state index contributed by atoms with van der Waals surface area (Å²) in [5.41, 5.74) is 1.05. The molecule has 5 nitrogen and oxygen atoms in total. The van der Waals surface area contributed by atoms with Gasteiger partial charge in [0.25, 0.3) is 0 Å². The van der Waals surface area contributed by atoms with Gasteiger partial charge in [-0.25, -0.2) is 0 Å². The van der Waals surface area contributed by atoms with Crippen LogP contribution >= 0.6 is 31.9 Å². The normalized spacial score (nSPS) is 17.9. The van der Waals surface area contributed by atoms with Gasteiger partial charge in [0.2, 0.25) is 5.91 Å². The van der Waals surface area contributed by atoms with Crippen LogP contribution < -0.4 is 5.32 Å². The molecule has 0 spiro atoms. The van der Waals surface area contributed by atoms with Gasteiger partial charge in [0.15, 0.2) is 0 Å². The fourth-order valence-corrected chi connectivity index (χ4v) is 2.59. The predicted molar refractivity (Wildman–Crippen MR) is 62.3 cm³/mol. The van der Waals surface area contributed by atoms with E-state index in [1.54, 1.807) is 0 Å². The van der Waals surface area contributed by atoms with E-state index in [1.165, 1.54) is 0 Å². The zero-order chi connectivity index (χ0) is 10.8. The van der Waals surface area contributed by atoms with E-state index >= 15 is 0 Å². The molecule has 1 amide bonds. The number of nitrogens with one attached hydrogen (secondary N) is 2. The summed E-state index contributed by atoms with van der Waals surface area (Å²) < 4.78 is 1.65. The quantitative estimate of drug-likeness (QED) is 0.841. The minimum Gasteiger partial charge on any atom is -0.354 e. The van der Waals surface area contributed by atoms with Crippen molar-refractivity contribution in [1.29, 1.82) is 0 Å². The van der Waals surface area contributed by atoms with E-state index in [2.05, 4.69) is 52.3 Å². The van der Waals surface area contributed by atoms with E-state index in [0.717, 1.165) is 21.3 Å². The van der Waals surface area contributed by atoms with Gasteiger partial charge in [0.1, 0.15) is 9.21 Å². The van der Waals surface area contributed by atoms with Crippen molar-refractivity contribution in [2.45, 2.75) is 6.54 Å². The lowest BCUT2D eigenvalue weighted by atomic mass is 10.3. The van der Waals surface area contributed by atoms with E-state index in [1.807, 2.05) is 0 Å². The van der Waals surface area contributed by atoms with Crippen molar-refractivity contribution >= 4 is 37.8 Å². The van der Waals surface area contributed by atoms with Crippen LogP contribution in [0.25, 0.3) is 0 Å². The second-order valence-corrected chi connectivity index (χ2v) is 4.91. The predicted octanol–water partition coefficient (Wildman–Crippen LogP) is 0.867. The van der Waals surface area contributed by atoms with Crippen molar-refractivity contribution in [2.24, 2.45) is 0 Å². The molecule has 1 aromatic rings. The van der Waals surface area contributed by atoms with Crippen LogP contribution in [0.3, 0.4) is 0 Å². The number of carbonyl (C=O) groups is 1. The summed E-state index contributed by atoms with van der Waals surface area (Å²) in [6.07, 6.45) is 0.